The van der Waals surface area contributed by atoms with Gasteiger partial charge in [-0.25, -0.2) is 14.4 Å². The average Bonchev–Trinajstić information content (AvgIpc) is 3.52. The van der Waals surface area contributed by atoms with Gasteiger partial charge in [0.25, 0.3) is 0 Å². The van der Waals surface area contributed by atoms with Gasteiger partial charge in [-0.05, 0) is 75.0 Å². The molecule has 1 fully saturated rings. The topological polar surface area (TPSA) is 146 Å². The number of benzene rings is 2. The Morgan fingerprint density at radius 2 is 1.93 bits per heavy atom. The summed E-state index contributed by atoms with van der Waals surface area (Å²) in [4.78, 5) is 48.0. The Bertz CT molecular complexity index is 1520. The lowest BCUT2D eigenvalue weighted by Crippen LogP contribution is -2.59. The molecule has 11 nitrogen and oxygen atoms in total. The number of nitrogens with zero attached hydrogens (tertiary/aromatic N) is 2. The molecule has 3 aromatic rings. The molecule has 0 spiro atoms. The summed E-state index contributed by atoms with van der Waals surface area (Å²) in [5.74, 6) is -1.11. The van der Waals surface area contributed by atoms with Gasteiger partial charge >= 0.3 is 0 Å². The number of fused-ring (bicyclic) bond motifs is 1. The van der Waals surface area contributed by atoms with Gasteiger partial charge in [0.05, 0.1) is 30.4 Å². The Labute approximate surface area is 266 Å². The van der Waals surface area contributed by atoms with Crippen molar-refractivity contribution in [1.29, 1.82) is 0 Å². The summed E-state index contributed by atoms with van der Waals surface area (Å²) in [5, 5.41) is 15.1. The third kappa shape index (κ3) is 8.12. The Morgan fingerprint density at radius 3 is 2.57 bits per heavy atom. The van der Waals surface area contributed by atoms with Crippen LogP contribution in [0.25, 0.3) is 10.9 Å². The van der Waals surface area contributed by atoms with E-state index in [1.54, 1.807) is 26.1 Å². The van der Waals surface area contributed by atoms with E-state index in [-0.39, 0.29) is 29.5 Å². The normalized spacial score (nSPS) is 16.0. The first-order chi connectivity index (χ1) is 20.4. The van der Waals surface area contributed by atoms with Crippen LogP contribution < -0.4 is 31.3 Å². The second-order valence-corrected chi connectivity index (χ2v) is 11.7. The maximum atomic E-state index is 14.6. The number of amides is 3. The molecule has 0 unspecified atom stereocenters. The molecule has 1 aliphatic heterocycles. The average molecular weight is 651 g/mol. The fraction of sp³-hybridized carbons (Fsp3) is 0.433. The first-order valence-corrected chi connectivity index (χ1v) is 14.4. The van der Waals surface area contributed by atoms with E-state index in [0.717, 1.165) is 6.42 Å². The van der Waals surface area contributed by atoms with Gasteiger partial charge in [-0.3, -0.25) is 19.7 Å². The number of imide groups is 1. The molecule has 1 aromatic heterocycles. The number of methoxy groups -OCH3 is 1. The number of aromatic nitrogens is 2. The predicted octanol–water partition coefficient (Wildman–Crippen LogP) is 3.65. The van der Waals surface area contributed by atoms with Crippen molar-refractivity contribution < 1.29 is 23.5 Å². The Morgan fingerprint density at radius 1 is 1.18 bits per heavy atom. The lowest BCUT2D eigenvalue weighted by molar-refractivity contribution is -0.137. The summed E-state index contributed by atoms with van der Waals surface area (Å²) in [6.07, 6.45) is 3.07. The number of rotatable bonds is 11. The van der Waals surface area contributed by atoms with Crippen molar-refractivity contribution in [2.75, 3.05) is 26.0 Å². The molecule has 238 valence electrons. The van der Waals surface area contributed by atoms with Gasteiger partial charge in [0.15, 0.2) is 0 Å². The van der Waals surface area contributed by atoms with E-state index < -0.39 is 47.1 Å². The van der Waals surface area contributed by atoms with Crippen molar-refractivity contribution in [2.24, 2.45) is 5.41 Å². The number of likely N-dealkylation sites (N-methyl/N-ethyl adjacent to an activating group) is 1. The molecule has 1 aliphatic rings. The van der Waals surface area contributed by atoms with Crippen LogP contribution in [0.3, 0.4) is 0 Å². The van der Waals surface area contributed by atoms with E-state index in [1.807, 2.05) is 19.9 Å². The molecule has 0 saturated carbocycles. The molecule has 5 N–H and O–H groups in total. The zero-order chi connectivity index (χ0) is 31.3. The first kappa shape index (κ1) is 34.9. The molecule has 44 heavy (non-hydrogen) atoms. The molecular weight excluding hydrogens is 612 g/mol. The van der Waals surface area contributed by atoms with Crippen LogP contribution in [0.2, 0.25) is 5.02 Å². The van der Waals surface area contributed by atoms with Crippen LogP contribution in [-0.4, -0.2) is 66.5 Å². The number of ether oxygens (including phenoxy) is 1. The fourth-order valence-corrected chi connectivity index (χ4v) is 5.23. The molecular formula is C30H38Cl2FN7O4. The number of hydrogen-bond acceptors (Lipinski definition) is 9. The van der Waals surface area contributed by atoms with Crippen LogP contribution in [0.4, 0.5) is 15.9 Å². The van der Waals surface area contributed by atoms with Crippen molar-refractivity contribution in [2.45, 2.75) is 58.2 Å². The van der Waals surface area contributed by atoms with Crippen LogP contribution in [0.5, 0.6) is 5.75 Å². The lowest BCUT2D eigenvalue weighted by atomic mass is 9.77. The van der Waals surface area contributed by atoms with Gasteiger partial charge in [-0.2, -0.15) is 0 Å². The second kappa shape index (κ2) is 14.9. The molecule has 0 aliphatic carbocycles. The highest BCUT2D eigenvalue weighted by atomic mass is 35.5. The molecule has 14 heteroatoms. The Balaban J connectivity index is 0.00000529. The number of anilines is 2. The van der Waals surface area contributed by atoms with E-state index in [1.165, 1.54) is 25.6 Å². The minimum atomic E-state index is -1.07. The molecule has 2 heterocycles. The van der Waals surface area contributed by atoms with Crippen molar-refractivity contribution >= 4 is 64.1 Å². The second-order valence-electron chi connectivity index (χ2n) is 11.3. The van der Waals surface area contributed by atoms with E-state index in [2.05, 4.69) is 36.6 Å². The van der Waals surface area contributed by atoms with Crippen molar-refractivity contribution in [3.63, 3.8) is 0 Å². The molecule has 1 saturated heterocycles. The van der Waals surface area contributed by atoms with Gasteiger partial charge < -0.3 is 26.0 Å². The summed E-state index contributed by atoms with van der Waals surface area (Å²) in [5.41, 5.74) is 0.502. The predicted molar refractivity (Wildman–Crippen MR) is 170 cm³/mol. The number of carbonyl (C=O) groups excluding carboxylic acids is 3. The fourth-order valence-electron chi connectivity index (χ4n) is 5.07. The number of carbonyl (C=O) groups is 3. The standard InChI is InChI=1S/C30H37ClFN7O4.ClH/c1-16(33-4)27(40)38-25(29(42)39-28(41)22-7-6-10-34-22)30(2,3)14-17-11-19-23(13-24(17)43-5)35-15-36-26(19)37-21-9-8-18(31)12-20(21)32;/h8-9,11-13,15-16,22,25,33-34H,6-7,10,14H2,1-5H3,(H,38,40)(H,35,36,37)(H,39,41,42);1H/t16-,22-,25+;/m0./s1. The number of nitrogens with one attached hydrogen (secondary N) is 5. The molecule has 0 radical (unpaired) electrons. The van der Waals surface area contributed by atoms with Crippen LogP contribution in [0, 0.1) is 11.2 Å². The SMILES string of the molecule is CN[C@@H](C)C(=O)N[C@H](C(=O)NC(=O)[C@@H]1CCCN1)C(C)(C)Cc1cc2c(Nc3ccc(Cl)cc3F)ncnc2cc1OC.Cl. The molecule has 4 rings (SSSR count). The smallest absolute Gasteiger partial charge is 0.249 e. The minimum absolute atomic E-state index is 0. The van der Waals surface area contributed by atoms with Crippen LogP contribution in [0.15, 0.2) is 36.7 Å². The summed E-state index contributed by atoms with van der Waals surface area (Å²) < 4.78 is 20.3. The first-order valence-electron chi connectivity index (χ1n) is 14.0. The van der Waals surface area contributed by atoms with Gasteiger partial charge in [-0.15, -0.1) is 12.4 Å². The zero-order valence-electron chi connectivity index (χ0n) is 25.2. The van der Waals surface area contributed by atoms with Gasteiger partial charge in [0.1, 0.15) is 29.8 Å². The summed E-state index contributed by atoms with van der Waals surface area (Å²) in [7, 11) is 3.16. The summed E-state index contributed by atoms with van der Waals surface area (Å²) in [6, 6.07) is 5.71. The van der Waals surface area contributed by atoms with Crippen molar-refractivity contribution in [3.05, 3.63) is 53.1 Å². The van der Waals surface area contributed by atoms with Gasteiger partial charge in [-0.1, -0.05) is 25.4 Å². The third-order valence-electron chi connectivity index (χ3n) is 7.65. The highest BCUT2D eigenvalue weighted by Gasteiger charge is 2.39. The summed E-state index contributed by atoms with van der Waals surface area (Å²) >= 11 is 5.91. The monoisotopic (exact) mass is 649 g/mol. The quantitative estimate of drug-likeness (QED) is 0.210. The Kier molecular flexibility index (Phi) is 11.8. The highest BCUT2D eigenvalue weighted by molar-refractivity contribution is 6.30. The lowest BCUT2D eigenvalue weighted by Gasteiger charge is -2.35. The minimum Gasteiger partial charge on any atom is -0.496 e. The largest absolute Gasteiger partial charge is 0.496 e. The molecule has 3 amide bonds. The van der Waals surface area contributed by atoms with E-state index in [9.17, 15) is 18.8 Å². The van der Waals surface area contributed by atoms with Crippen LogP contribution in [0.1, 0.15) is 39.2 Å². The number of hydrogen-bond donors (Lipinski definition) is 5. The van der Waals surface area contributed by atoms with Gasteiger partial charge in [0, 0.05) is 16.5 Å². The van der Waals surface area contributed by atoms with Crippen LogP contribution in [-0.2, 0) is 20.8 Å². The van der Waals surface area contributed by atoms with Crippen molar-refractivity contribution in [3.8, 4) is 5.75 Å². The third-order valence-corrected chi connectivity index (χ3v) is 7.88. The Hall–Kier alpha value is -3.58. The zero-order valence-corrected chi connectivity index (χ0v) is 26.8. The molecule has 2 aromatic carbocycles. The van der Waals surface area contributed by atoms with E-state index in [4.69, 9.17) is 16.3 Å². The summed E-state index contributed by atoms with van der Waals surface area (Å²) in [6.45, 7) is 6.03. The highest BCUT2D eigenvalue weighted by Crippen LogP contribution is 2.36. The van der Waals surface area contributed by atoms with Crippen molar-refractivity contribution in [1.82, 2.24) is 31.2 Å². The maximum absolute atomic E-state index is 14.6. The molecule has 0 bridgehead atoms. The maximum Gasteiger partial charge on any atom is 0.249 e. The van der Waals surface area contributed by atoms with E-state index >= 15 is 0 Å². The van der Waals surface area contributed by atoms with Crippen LogP contribution >= 0.6 is 24.0 Å². The van der Waals surface area contributed by atoms with E-state index in [0.29, 0.717) is 41.0 Å². The number of halogens is 3. The molecule has 3 atom stereocenters. The van der Waals surface area contributed by atoms with Gasteiger partial charge in [0.2, 0.25) is 17.7 Å².